The molecule has 30 heavy (non-hydrogen) atoms. The van der Waals surface area contributed by atoms with E-state index in [9.17, 15) is 25.2 Å². The monoisotopic (exact) mass is 465 g/mol. The molecule has 8 nitrogen and oxygen atoms in total. The third-order valence-corrected chi connectivity index (χ3v) is 5.29. The van der Waals surface area contributed by atoms with E-state index in [0.29, 0.717) is 37.7 Å². The fourth-order valence-corrected chi connectivity index (χ4v) is 3.61. The van der Waals surface area contributed by atoms with Gasteiger partial charge in [0, 0.05) is 37.0 Å². The highest BCUT2D eigenvalue weighted by Gasteiger charge is 2.43. The Morgan fingerprint density at radius 1 is 1.00 bits per heavy atom. The van der Waals surface area contributed by atoms with Crippen LogP contribution >= 0.6 is 23.2 Å². The molecule has 0 bridgehead atoms. The molecule has 5 atom stereocenters. The number of aliphatic hydroxyl groups excluding tert-OH is 4. The van der Waals surface area contributed by atoms with Gasteiger partial charge in [-0.15, -0.1) is 23.2 Å². The van der Waals surface area contributed by atoms with Crippen molar-refractivity contribution >= 4 is 34.9 Å². The second-order valence-corrected chi connectivity index (χ2v) is 7.86. The lowest BCUT2D eigenvalue weighted by Crippen LogP contribution is -2.58. The van der Waals surface area contributed by atoms with Crippen molar-refractivity contribution in [2.45, 2.75) is 50.0 Å². The lowest BCUT2D eigenvalue weighted by molar-refractivity contribution is -0.287. The van der Waals surface area contributed by atoms with Crippen molar-refractivity contribution in [3.8, 4) is 0 Å². The largest absolute Gasteiger partial charge is 0.463 e. The standard InChI is InChI=1S/C20H29Cl2NO7/c21-8-10-23(11-9-22)14-6-4-13(5-7-14)2-1-3-16(24)29-12-15-17(25)18(26)19(27)20(28)30-15/h4-7,15,17-20,25-28H,1-3,8-12H2/t15-,17-,18+,19-,20-/m1/s1. The van der Waals surface area contributed by atoms with Crippen LogP contribution in [-0.4, -0.2) is 88.6 Å². The van der Waals surface area contributed by atoms with Crippen LogP contribution < -0.4 is 4.90 Å². The number of carbonyl (C=O) groups excluding carboxylic acids is 1. The molecule has 10 heteroatoms. The van der Waals surface area contributed by atoms with Crippen molar-refractivity contribution < 1.29 is 34.7 Å². The van der Waals surface area contributed by atoms with Crippen LogP contribution in [0.1, 0.15) is 18.4 Å². The molecule has 2 rings (SSSR count). The van der Waals surface area contributed by atoms with Gasteiger partial charge in [-0.05, 0) is 30.5 Å². The third kappa shape index (κ3) is 7.23. The van der Waals surface area contributed by atoms with Crippen LogP contribution in [0.5, 0.6) is 0 Å². The second-order valence-electron chi connectivity index (χ2n) is 7.10. The number of anilines is 1. The molecular formula is C20H29Cl2NO7. The van der Waals surface area contributed by atoms with Gasteiger partial charge >= 0.3 is 5.97 Å². The molecule has 1 saturated heterocycles. The van der Waals surface area contributed by atoms with Gasteiger partial charge in [0.15, 0.2) is 6.29 Å². The molecule has 1 aromatic carbocycles. The summed E-state index contributed by atoms with van der Waals surface area (Å²) in [5, 5.41) is 38.4. The first kappa shape index (κ1) is 25.1. The van der Waals surface area contributed by atoms with Crippen molar-refractivity contribution in [1.29, 1.82) is 0 Å². The zero-order valence-electron chi connectivity index (χ0n) is 16.6. The number of hydrogen-bond acceptors (Lipinski definition) is 8. The van der Waals surface area contributed by atoms with Gasteiger partial charge in [-0.25, -0.2) is 0 Å². The molecule has 0 spiro atoms. The van der Waals surface area contributed by atoms with Crippen molar-refractivity contribution in [2.24, 2.45) is 0 Å². The van der Waals surface area contributed by atoms with Crippen LogP contribution in [0.15, 0.2) is 24.3 Å². The highest BCUT2D eigenvalue weighted by Crippen LogP contribution is 2.20. The van der Waals surface area contributed by atoms with E-state index in [2.05, 4.69) is 4.90 Å². The van der Waals surface area contributed by atoms with E-state index in [1.165, 1.54) is 0 Å². The minimum atomic E-state index is -1.65. The average molecular weight is 466 g/mol. The third-order valence-electron chi connectivity index (χ3n) is 4.95. The maximum absolute atomic E-state index is 11.9. The summed E-state index contributed by atoms with van der Waals surface area (Å²) < 4.78 is 10.0. The first-order valence-corrected chi connectivity index (χ1v) is 10.9. The maximum atomic E-state index is 11.9. The van der Waals surface area contributed by atoms with Crippen molar-refractivity contribution in [3.63, 3.8) is 0 Å². The number of nitrogens with zero attached hydrogens (tertiary/aromatic N) is 1. The smallest absolute Gasteiger partial charge is 0.305 e. The van der Waals surface area contributed by atoms with E-state index in [-0.39, 0.29) is 13.0 Å². The average Bonchev–Trinajstić information content (AvgIpc) is 2.74. The number of hydrogen-bond donors (Lipinski definition) is 4. The minimum Gasteiger partial charge on any atom is -0.463 e. The Balaban J connectivity index is 1.73. The summed E-state index contributed by atoms with van der Waals surface area (Å²) in [6.45, 7) is 1.10. The Labute approximate surface area is 185 Å². The molecule has 4 N–H and O–H groups in total. The molecule has 0 amide bonds. The zero-order valence-corrected chi connectivity index (χ0v) is 18.1. The number of rotatable bonds is 11. The number of alkyl halides is 2. The number of carbonyl (C=O) groups is 1. The van der Waals surface area contributed by atoms with E-state index >= 15 is 0 Å². The topological polar surface area (TPSA) is 120 Å². The summed E-state index contributed by atoms with van der Waals surface area (Å²) in [4.78, 5) is 14.0. The van der Waals surface area contributed by atoms with Gasteiger partial charge in [-0.2, -0.15) is 0 Å². The van der Waals surface area contributed by atoms with Crippen LogP contribution in [-0.2, 0) is 20.7 Å². The molecule has 1 aromatic rings. The van der Waals surface area contributed by atoms with Crippen LogP contribution in [0.2, 0.25) is 0 Å². The lowest BCUT2D eigenvalue weighted by atomic mass is 9.99. The van der Waals surface area contributed by atoms with Crippen LogP contribution in [0.25, 0.3) is 0 Å². The van der Waals surface area contributed by atoms with E-state index in [0.717, 1.165) is 11.3 Å². The van der Waals surface area contributed by atoms with Crippen molar-refractivity contribution in [3.05, 3.63) is 29.8 Å². The van der Waals surface area contributed by atoms with E-state index in [1.54, 1.807) is 0 Å². The number of esters is 1. The molecule has 1 heterocycles. The highest BCUT2D eigenvalue weighted by atomic mass is 35.5. The fraction of sp³-hybridized carbons (Fsp3) is 0.650. The maximum Gasteiger partial charge on any atom is 0.305 e. The van der Waals surface area contributed by atoms with Gasteiger partial charge < -0.3 is 34.8 Å². The molecule has 0 radical (unpaired) electrons. The first-order chi connectivity index (χ1) is 14.4. The van der Waals surface area contributed by atoms with Crippen LogP contribution in [0.4, 0.5) is 5.69 Å². The Morgan fingerprint density at radius 3 is 2.23 bits per heavy atom. The number of ether oxygens (including phenoxy) is 2. The number of aryl methyl sites for hydroxylation is 1. The van der Waals surface area contributed by atoms with Gasteiger partial charge in [-0.3, -0.25) is 4.79 Å². The Morgan fingerprint density at radius 2 is 1.63 bits per heavy atom. The molecule has 170 valence electrons. The van der Waals surface area contributed by atoms with E-state index < -0.39 is 36.7 Å². The quantitative estimate of drug-likeness (QED) is 0.277. The predicted octanol–water partition coefficient (Wildman–Crippen LogP) is 0.636. The number of aliphatic hydroxyl groups is 4. The summed E-state index contributed by atoms with van der Waals surface area (Å²) >= 11 is 11.7. The number of benzene rings is 1. The van der Waals surface area contributed by atoms with E-state index in [4.69, 9.17) is 32.7 Å². The van der Waals surface area contributed by atoms with Gasteiger partial charge in [-0.1, -0.05) is 12.1 Å². The summed E-state index contributed by atoms with van der Waals surface area (Å²) in [5.41, 5.74) is 2.12. The molecule has 0 saturated carbocycles. The molecule has 0 aromatic heterocycles. The van der Waals surface area contributed by atoms with Gasteiger partial charge in [0.25, 0.3) is 0 Å². The molecule has 1 aliphatic heterocycles. The Kier molecular flexibility index (Phi) is 10.6. The van der Waals surface area contributed by atoms with Gasteiger partial charge in [0.2, 0.25) is 0 Å². The first-order valence-electron chi connectivity index (χ1n) is 9.86. The molecule has 0 aliphatic carbocycles. The molecule has 1 aliphatic rings. The highest BCUT2D eigenvalue weighted by molar-refractivity contribution is 6.18. The number of halogens is 2. The molecular weight excluding hydrogens is 437 g/mol. The summed E-state index contributed by atoms with van der Waals surface area (Å²) in [6, 6.07) is 7.99. The molecule has 0 unspecified atom stereocenters. The zero-order chi connectivity index (χ0) is 22.1. The van der Waals surface area contributed by atoms with Gasteiger partial charge in [0.05, 0.1) is 0 Å². The normalized spacial score (nSPS) is 26.4. The van der Waals surface area contributed by atoms with Crippen molar-refractivity contribution in [2.75, 3.05) is 36.4 Å². The lowest BCUT2D eigenvalue weighted by Gasteiger charge is -2.37. The Hall–Kier alpha value is -1.13. The second kappa shape index (κ2) is 12.7. The predicted molar refractivity (Wildman–Crippen MR) is 113 cm³/mol. The fourth-order valence-electron chi connectivity index (χ4n) is 3.20. The van der Waals surface area contributed by atoms with E-state index in [1.807, 2.05) is 24.3 Å². The SMILES string of the molecule is O=C(CCCc1ccc(N(CCCl)CCCl)cc1)OC[C@H]1O[C@@H](O)[C@H](O)[C@@H](O)[C@@H]1O. The summed E-state index contributed by atoms with van der Waals surface area (Å²) in [6.07, 6.45) is -6.00. The summed E-state index contributed by atoms with van der Waals surface area (Å²) in [7, 11) is 0. The van der Waals surface area contributed by atoms with Crippen molar-refractivity contribution in [1.82, 2.24) is 0 Å². The molecule has 1 fully saturated rings. The minimum absolute atomic E-state index is 0.170. The summed E-state index contributed by atoms with van der Waals surface area (Å²) in [5.74, 6) is 0.553. The van der Waals surface area contributed by atoms with Crippen LogP contribution in [0.3, 0.4) is 0 Å². The van der Waals surface area contributed by atoms with Crippen LogP contribution in [0, 0.1) is 0 Å². The van der Waals surface area contributed by atoms with Gasteiger partial charge in [0.1, 0.15) is 31.0 Å². The Bertz CT molecular complexity index is 643.